The Morgan fingerprint density at radius 1 is 1.17 bits per heavy atom. The largest absolute Gasteiger partial charge is 0.367 e. The normalized spacial score (nSPS) is 25.9. The predicted octanol–water partition coefficient (Wildman–Crippen LogP) is 3.00. The number of fused-ring (bicyclic) bond motifs is 1. The third-order valence-electron chi connectivity index (χ3n) is 6.37. The lowest BCUT2D eigenvalue weighted by molar-refractivity contribution is -0.123. The van der Waals surface area contributed by atoms with Gasteiger partial charge in [0.25, 0.3) is 0 Å². The maximum Gasteiger partial charge on any atom is 0.220 e. The van der Waals surface area contributed by atoms with Gasteiger partial charge in [0.1, 0.15) is 5.52 Å². The second-order valence-electron chi connectivity index (χ2n) is 9.14. The molecule has 3 atom stereocenters. The third kappa shape index (κ3) is 4.69. The minimum absolute atomic E-state index is 0.181. The fraction of sp³-hybridized carbons (Fsp3) is 0.609. The molecular formula is C23H33N5O. The number of nitrogens with zero attached hydrogens (tertiary/aromatic N) is 4. The summed E-state index contributed by atoms with van der Waals surface area (Å²) in [4.78, 5) is 26.6. The molecule has 2 aromatic rings. The number of likely N-dealkylation sites (tertiary alicyclic amines) is 1. The Hall–Kier alpha value is -2.21. The van der Waals surface area contributed by atoms with E-state index in [0.29, 0.717) is 18.3 Å². The Morgan fingerprint density at radius 2 is 1.97 bits per heavy atom. The van der Waals surface area contributed by atoms with Crippen LogP contribution in [-0.4, -0.2) is 60.0 Å². The molecule has 4 rings (SSSR count). The van der Waals surface area contributed by atoms with Gasteiger partial charge in [0.2, 0.25) is 5.91 Å². The SMILES string of the molecule is Cc1ccc(N2C[C@@H](C)C[C@@H](NC(=O)CC3CCCN(C)C3)C2)c2nccnc12. The van der Waals surface area contributed by atoms with Gasteiger partial charge in [0, 0.05) is 44.5 Å². The molecule has 1 unspecified atom stereocenters. The standard InChI is InChI=1S/C23H33N5O/c1-16-11-19(26-21(29)12-18-5-4-10-27(3)14-18)15-28(13-16)20-7-6-17(2)22-23(20)25-9-8-24-22/h6-9,16,18-19H,4-5,10-15H2,1-3H3,(H,26,29)/t16-,18?,19+/m0/s1. The molecule has 0 radical (unpaired) electrons. The quantitative estimate of drug-likeness (QED) is 0.862. The lowest BCUT2D eigenvalue weighted by Gasteiger charge is -2.39. The van der Waals surface area contributed by atoms with E-state index in [1.54, 1.807) is 12.4 Å². The number of aryl methyl sites for hydroxylation is 1. The number of benzene rings is 1. The van der Waals surface area contributed by atoms with Crippen molar-refractivity contribution in [2.75, 3.05) is 38.1 Å². The van der Waals surface area contributed by atoms with E-state index in [2.05, 4.69) is 58.1 Å². The smallest absolute Gasteiger partial charge is 0.220 e. The Morgan fingerprint density at radius 3 is 2.76 bits per heavy atom. The molecule has 6 nitrogen and oxygen atoms in total. The van der Waals surface area contributed by atoms with Crippen LogP contribution in [-0.2, 0) is 4.79 Å². The van der Waals surface area contributed by atoms with Crippen molar-refractivity contribution >= 4 is 22.6 Å². The Labute approximate surface area is 173 Å². The molecule has 2 fully saturated rings. The molecule has 1 amide bonds. The van der Waals surface area contributed by atoms with Crippen LogP contribution in [0.2, 0.25) is 0 Å². The number of anilines is 1. The second kappa shape index (κ2) is 8.66. The summed E-state index contributed by atoms with van der Waals surface area (Å²) < 4.78 is 0. The molecule has 1 N–H and O–H groups in total. The Bertz CT molecular complexity index is 869. The van der Waals surface area contributed by atoms with E-state index in [4.69, 9.17) is 0 Å². The molecule has 6 heteroatoms. The zero-order valence-corrected chi connectivity index (χ0v) is 17.9. The van der Waals surface area contributed by atoms with E-state index in [9.17, 15) is 4.79 Å². The summed E-state index contributed by atoms with van der Waals surface area (Å²) in [5, 5.41) is 3.34. The van der Waals surface area contributed by atoms with E-state index in [1.807, 2.05) is 0 Å². The number of carbonyl (C=O) groups is 1. The molecule has 2 saturated heterocycles. The highest BCUT2D eigenvalue weighted by Gasteiger charge is 2.28. The third-order valence-corrected chi connectivity index (χ3v) is 6.37. The summed E-state index contributed by atoms with van der Waals surface area (Å²) in [5.41, 5.74) is 4.18. The van der Waals surface area contributed by atoms with Crippen LogP contribution in [0.3, 0.4) is 0 Å². The van der Waals surface area contributed by atoms with Crippen molar-refractivity contribution in [3.63, 3.8) is 0 Å². The van der Waals surface area contributed by atoms with Crippen molar-refractivity contribution in [2.45, 2.75) is 45.6 Å². The second-order valence-corrected chi connectivity index (χ2v) is 9.14. The molecule has 0 saturated carbocycles. The van der Waals surface area contributed by atoms with Gasteiger partial charge in [-0.2, -0.15) is 0 Å². The number of rotatable bonds is 4. The molecule has 3 heterocycles. The Kier molecular flexibility index (Phi) is 5.99. The molecule has 0 aliphatic carbocycles. The van der Waals surface area contributed by atoms with Crippen LogP contribution in [0.5, 0.6) is 0 Å². The zero-order chi connectivity index (χ0) is 20.4. The van der Waals surface area contributed by atoms with Gasteiger partial charge >= 0.3 is 0 Å². The first-order chi connectivity index (χ1) is 14.0. The van der Waals surface area contributed by atoms with Gasteiger partial charge in [0.05, 0.1) is 11.2 Å². The summed E-state index contributed by atoms with van der Waals surface area (Å²) in [7, 11) is 2.15. The summed E-state index contributed by atoms with van der Waals surface area (Å²) in [6.45, 7) is 8.34. The maximum atomic E-state index is 12.7. The highest BCUT2D eigenvalue weighted by atomic mass is 16.1. The number of aromatic nitrogens is 2. The topological polar surface area (TPSA) is 61.4 Å². The molecular weight excluding hydrogens is 362 g/mol. The van der Waals surface area contributed by atoms with Crippen molar-refractivity contribution in [1.29, 1.82) is 0 Å². The number of amides is 1. The maximum absolute atomic E-state index is 12.7. The minimum Gasteiger partial charge on any atom is -0.367 e. The summed E-state index contributed by atoms with van der Waals surface area (Å²) in [6, 6.07) is 4.46. The summed E-state index contributed by atoms with van der Waals surface area (Å²) in [5.74, 6) is 1.21. The highest BCUT2D eigenvalue weighted by Crippen LogP contribution is 2.30. The fourth-order valence-corrected chi connectivity index (χ4v) is 5.07. The lowest BCUT2D eigenvalue weighted by atomic mass is 9.93. The molecule has 2 aliphatic rings. The van der Waals surface area contributed by atoms with Gasteiger partial charge in [-0.05, 0) is 63.2 Å². The average molecular weight is 396 g/mol. The highest BCUT2D eigenvalue weighted by molar-refractivity contribution is 5.90. The van der Waals surface area contributed by atoms with Crippen molar-refractivity contribution in [3.8, 4) is 0 Å². The monoisotopic (exact) mass is 395 g/mol. The minimum atomic E-state index is 0.181. The van der Waals surface area contributed by atoms with Crippen LogP contribution >= 0.6 is 0 Å². The van der Waals surface area contributed by atoms with Gasteiger partial charge in [-0.1, -0.05) is 13.0 Å². The van der Waals surface area contributed by atoms with Gasteiger partial charge in [-0.25, -0.2) is 0 Å². The average Bonchev–Trinajstić information content (AvgIpc) is 2.68. The molecule has 29 heavy (non-hydrogen) atoms. The number of piperidine rings is 2. The molecule has 0 spiro atoms. The molecule has 156 valence electrons. The van der Waals surface area contributed by atoms with Crippen LogP contribution in [0.4, 0.5) is 5.69 Å². The van der Waals surface area contributed by atoms with Crippen molar-refractivity contribution in [3.05, 3.63) is 30.1 Å². The summed E-state index contributed by atoms with van der Waals surface area (Å²) >= 11 is 0. The van der Waals surface area contributed by atoms with E-state index >= 15 is 0 Å². The van der Waals surface area contributed by atoms with E-state index in [-0.39, 0.29) is 11.9 Å². The number of hydrogen-bond donors (Lipinski definition) is 1. The van der Waals surface area contributed by atoms with E-state index in [1.165, 1.54) is 12.8 Å². The van der Waals surface area contributed by atoms with Gasteiger partial charge in [-0.15, -0.1) is 0 Å². The van der Waals surface area contributed by atoms with Crippen molar-refractivity contribution in [1.82, 2.24) is 20.2 Å². The first kappa shape index (κ1) is 20.1. The molecule has 2 aliphatic heterocycles. The van der Waals surface area contributed by atoms with Gasteiger partial charge in [0.15, 0.2) is 0 Å². The molecule has 0 bridgehead atoms. The van der Waals surface area contributed by atoms with Crippen LogP contribution in [0.25, 0.3) is 11.0 Å². The fourth-order valence-electron chi connectivity index (χ4n) is 5.07. The lowest BCUT2D eigenvalue weighted by Crippen LogP contribution is -2.51. The summed E-state index contributed by atoms with van der Waals surface area (Å²) in [6.07, 6.45) is 7.56. The first-order valence-electron chi connectivity index (χ1n) is 10.9. The van der Waals surface area contributed by atoms with Crippen molar-refractivity contribution < 1.29 is 4.79 Å². The van der Waals surface area contributed by atoms with Crippen LogP contribution in [0, 0.1) is 18.8 Å². The predicted molar refractivity (Wildman–Crippen MR) is 117 cm³/mol. The number of carbonyl (C=O) groups excluding carboxylic acids is 1. The van der Waals surface area contributed by atoms with Gasteiger partial charge < -0.3 is 15.1 Å². The Balaban J connectivity index is 1.45. The first-order valence-corrected chi connectivity index (χ1v) is 10.9. The van der Waals surface area contributed by atoms with E-state index < -0.39 is 0 Å². The number of nitrogens with one attached hydrogen (secondary N) is 1. The van der Waals surface area contributed by atoms with Crippen molar-refractivity contribution in [2.24, 2.45) is 11.8 Å². The van der Waals surface area contributed by atoms with Crippen LogP contribution in [0.1, 0.15) is 38.2 Å². The van der Waals surface area contributed by atoms with Gasteiger partial charge in [-0.3, -0.25) is 14.8 Å². The number of hydrogen-bond acceptors (Lipinski definition) is 5. The van der Waals surface area contributed by atoms with Crippen LogP contribution in [0.15, 0.2) is 24.5 Å². The zero-order valence-electron chi connectivity index (χ0n) is 17.9. The molecule has 1 aromatic heterocycles. The molecule has 1 aromatic carbocycles. The van der Waals surface area contributed by atoms with E-state index in [0.717, 1.165) is 54.9 Å². The van der Waals surface area contributed by atoms with Crippen LogP contribution < -0.4 is 10.2 Å².